The number of hydroxylamine groups is 1. The highest BCUT2D eigenvalue weighted by atomic mass is 16.5. The molecule has 1 fully saturated rings. The molecule has 1 aliphatic rings. The van der Waals surface area contributed by atoms with Gasteiger partial charge in [-0.25, -0.2) is 10.3 Å². The quantitative estimate of drug-likeness (QED) is 0.350. The number of rotatable bonds is 6. The summed E-state index contributed by atoms with van der Waals surface area (Å²) >= 11 is 0. The van der Waals surface area contributed by atoms with Crippen LogP contribution in [0.25, 0.3) is 10.9 Å². The smallest absolute Gasteiger partial charge is 0.319 e. The lowest BCUT2D eigenvalue weighted by Gasteiger charge is -2.38. The summed E-state index contributed by atoms with van der Waals surface area (Å²) in [7, 11) is 3.29. The number of ether oxygens (including phenoxy) is 1. The van der Waals surface area contributed by atoms with Crippen LogP contribution in [-0.2, 0) is 11.4 Å². The second-order valence-electron chi connectivity index (χ2n) is 9.33. The van der Waals surface area contributed by atoms with Crippen molar-refractivity contribution in [2.24, 2.45) is 5.92 Å². The van der Waals surface area contributed by atoms with Gasteiger partial charge in [0.2, 0.25) is 5.91 Å². The Labute approximate surface area is 215 Å². The first-order valence-electron chi connectivity index (χ1n) is 12.1. The van der Waals surface area contributed by atoms with Gasteiger partial charge < -0.3 is 19.9 Å². The Morgan fingerprint density at radius 2 is 1.86 bits per heavy atom. The lowest BCUT2D eigenvalue weighted by Crippen LogP contribution is -2.58. The van der Waals surface area contributed by atoms with Crippen molar-refractivity contribution in [3.63, 3.8) is 0 Å². The van der Waals surface area contributed by atoms with Crippen LogP contribution in [0.15, 0.2) is 54.6 Å². The number of hydrogen-bond acceptors (Lipinski definition) is 6. The topological polar surface area (TPSA) is 124 Å². The largest absolute Gasteiger partial charge is 0.489 e. The maximum atomic E-state index is 13.0. The third-order valence-corrected chi connectivity index (χ3v) is 6.47. The van der Waals surface area contributed by atoms with E-state index in [0.29, 0.717) is 30.9 Å². The number of amides is 4. The van der Waals surface area contributed by atoms with E-state index in [1.165, 1.54) is 4.90 Å². The number of carbonyl (C=O) groups excluding carboxylic acids is 3. The van der Waals surface area contributed by atoms with Crippen LogP contribution in [0.2, 0.25) is 0 Å². The Bertz CT molecular complexity index is 1290. The van der Waals surface area contributed by atoms with E-state index < -0.39 is 17.9 Å². The van der Waals surface area contributed by atoms with E-state index in [1.54, 1.807) is 48.7 Å². The highest BCUT2D eigenvalue weighted by Gasteiger charge is 2.37. The standard InChI is InChI=1S/C27H31N5O5/c1-17-14-19(21-6-4-5-7-23(21)28-17)16-37-20-10-8-18(9-11-20)25(33)29-24-15-32(27(35)31(2)3)13-12-22(24)26(34)30-36/h4-11,14,22,24,36H,12-13,15-16H2,1-3H3,(H,29,33)(H,30,34)/t22-,24+/m0/s1. The van der Waals surface area contributed by atoms with Crippen molar-refractivity contribution < 1.29 is 24.3 Å². The summed E-state index contributed by atoms with van der Waals surface area (Å²) in [6.45, 7) is 2.80. The summed E-state index contributed by atoms with van der Waals surface area (Å²) in [4.78, 5) is 45.2. The molecule has 0 bridgehead atoms. The molecule has 0 aliphatic carbocycles. The van der Waals surface area contributed by atoms with Gasteiger partial charge in [0.15, 0.2) is 0 Å². The molecule has 1 aromatic heterocycles. The van der Waals surface area contributed by atoms with Gasteiger partial charge in [-0.15, -0.1) is 0 Å². The molecule has 1 aliphatic heterocycles. The number of hydrogen-bond donors (Lipinski definition) is 3. The van der Waals surface area contributed by atoms with Gasteiger partial charge in [-0.3, -0.25) is 19.8 Å². The molecule has 1 saturated heterocycles. The lowest BCUT2D eigenvalue weighted by atomic mass is 9.90. The zero-order chi connectivity index (χ0) is 26.5. The molecule has 37 heavy (non-hydrogen) atoms. The summed E-state index contributed by atoms with van der Waals surface area (Å²) in [5.41, 5.74) is 4.90. The summed E-state index contributed by atoms with van der Waals surface area (Å²) in [6, 6.07) is 15.7. The van der Waals surface area contributed by atoms with E-state index in [0.717, 1.165) is 22.2 Å². The molecular formula is C27H31N5O5. The van der Waals surface area contributed by atoms with E-state index in [9.17, 15) is 14.4 Å². The lowest BCUT2D eigenvalue weighted by molar-refractivity contribution is -0.135. The Kier molecular flexibility index (Phi) is 7.88. The molecule has 0 saturated carbocycles. The molecule has 10 heteroatoms. The molecule has 3 aromatic rings. The van der Waals surface area contributed by atoms with Gasteiger partial charge in [-0.2, -0.15) is 0 Å². The fourth-order valence-corrected chi connectivity index (χ4v) is 4.58. The van der Waals surface area contributed by atoms with Crippen molar-refractivity contribution in [1.29, 1.82) is 0 Å². The Morgan fingerprint density at radius 3 is 2.57 bits per heavy atom. The van der Waals surface area contributed by atoms with Crippen molar-refractivity contribution in [3.05, 3.63) is 71.4 Å². The third kappa shape index (κ3) is 5.97. The fraction of sp³-hybridized carbons (Fsp3) is 0.333. The number of aromatic nitrogens is 1. The number of nitrogens with one attached hydrogen (secondary N) is 2. The monoisotopic (exact) mass is 505 g/mol. The first kappa shape index (κ1) is 25.9. The Balaban J connectivity index is 1.42. The summed E-state index contributed by atoms with van der Waals surface area (Å²) < 4.78 is 5.98. The number of likely N-dealkylation sites (tertiary alicyclic amines) is 1. The maximum absolute atomic E-state index is 13.0. The van der Waals surface area contributed by atoms with E-state index in [1.807, 2.05) is 37.3 Å². The molecule has 0 unspecified atom stereocenters. The van der Waals surface area contributed by atoms with Crippen LogP contribution in [0, 0.1) is 12.8 Å². The number of carbonyl (C=O) groups is 3. The van der Waals surface area contributed by atoms with Crippen molar-refractivity contribution in [2.75, 3.05) is 27.2 Å². The average Bonchev–Trinajstić information content (AvgIpc) is 2.90. The number of nitrogens with zero attached hydrogens (tertiary/aromatic N) is 3. The first-order chi connectivity index (χ1) is 17.8. The van der Waals surface area contributed by atoms with Crippen molar-refractivity contribution >= 4 is 28.7 Å². The fourth-order valence-electron chi connectivity index (χ4n) is 4.58. The van der Waals surface area contributed by atoms with Crippen LogP contribution in [0.5, 0.6) is 5.75 Å². The van der Waals surface area contributed by atoms with E-state index in [4.69, 9.17) is 9.94 Å². The molecule has 3 N–H and O–H groups in total. The predicted octanol–water partition coefficient (Wildman–Crippen LogP) is 2.73. The number of aryl methyl sites for hydroxylation is 1. The van der Waals surface area contributed by atoms with Gasteiger partial charge in [0.25, 0.3) is 5.91 Å². The number of fused-ring (bicyclic) bond motifs is 1. The number of pyridine rings is 1. The molecule has 0 radical (unpaired) electrons. The van der Waals surface area contributed by atoms with Gasteiger partial charge >= 0.3 is 6.03 Å². The van der Waals surface area contributed by atoms with Crippen LogP contribution in [0.4, 0.5) is 4.79 Å². The van der Waals surface area contributed by atoms with Gasteiger partial charge in [-0.05, 0) is 49.7 Å². The van der Waals surface area contributed by atoms with E-state index in [2.05, 4.69) is 10.3 Å². The van der Waals surface area contributed by atoms with E-state index in [-0.39, 0.29) is 18.5 Å². The third-order valence-electron chi connectivity index (χ3n) is 6.47. The normalized spacial score (nSPS) is 17.2. The zero-order valence-corrected chi connectivity index (χ0v) is 21.1. The molecule has 10 nitrogen and oxygen atoms in total. The summed E-state index contributed by atoms with van der Waals surface area (Å²) in [6.07, 6.45) is 0.312. The molecule has 194 valence electrons. The average molecular weight is 506 g/mol. The van der Waals surface area contributed by atoms with Gasteiger partial charge in [-0.1, -0.05) is 18.2 Å². The second-order valence-corrected chi connectivity index (χ2v) is 9.33. The molecule has 2 atom stereocenters. The number of para-hydroxylation sites is 1. The second kappa shape index (κ2) is 11.3. The van der Waals surface area contributed by atoms with Crippen molar-refractivity contribution in [1.82, 2.24) is 25.6 Å². The molecular weight excluding hydrogens is 474 g/mol. The molecule has 4 amide bonds. The first-order valence-corrected chi connectivity index (χ1v) is 12.1. The van der Waals surface area contributed by atoms with Gasteiger partial charge in [0.05, 0.1) is 17.5 Å². The molecule has 0 spiro atoms. The van der Waals surface area contributed by atoms with Crippen LogP contribution in [0.1, 0.15) is 28.0 Å². The minimum Gasteiger partial charge on any atom is -0.489 e. The minimum atomic E-state index is -0.665. The SMILES string of the molecule is Cc1cc(COc2ccc(C(=O)N[C@@H]3CN(C(=O)N(C)C)CC[C@@H]3C(=O)NO)cc2)c2ccccc2n1. The van der Waals surface area contributed by atoms with Crippen molar-refractivity contribution in [3.8, 4) is 5.75 Å². The van der Waals surface area contributed by atoms with Crippen LogP contribution in [-0.4, -0.2) is 71.1 Å². The Hall–Kier alpha value is -4.18. The molecule has 2 aromatic carbocycles. The summed E-state index contributed by atoms with van der Waals surface area (Å²) in [5, 5.41) is 13.0. The zero-order valence-electron chi connectivity index (χ0n) is 21.1. The minimum absolute atomic E-state index is 0.154. The van der Waals surface area contributed by atoms with E-state index >= 15 is 0 Å². The Morgan fingerprint density at radius 1 is 1.14 bits per heavy atom. The maximum Gasteiger partial charge on any atom is 0.319 e. The van der Waals surface area contributed by atoms with Gasteiger partial charge in [0, 0.05) is 49.4 Å². The highest BCUT2D eigenvalue weighted by molar-refractivity contribution is 5.95. The highest BCUT2D eigenvalue weighted by Crippen LogP contribution is 2.22. The van der Waals surface area contributed by atoms with Crippen LogP contribution < -0.4 is 15.5 Å². The number of benzene rings is 2. The molecule has 2 heterocycles. The van der Waals surface area contributed by atoms with Crippen molar-refractivity contribution in [2.45, 2.75) is 26.0 Å². The summed E-state index contributed by atoms with van der Waals surface area (Å²) in [5.74, 6) is -1.04. The van der Waals surface area contributed by atoms with Crippen LogP contribution >= 0.6 is 0 Å². The van der Waals surface area contributed by atoms with Gasteiger partial charge in [0.1, 0.15) is 12.4 Å². The molecule has 4 rings (SSSR count). The number of piperidine rings is 1. The van der Waals surface area contributed by atoms with Crippen LogP contribution in [0.3, 0.4) is 0 Å². The predicted molar refractivity (Wildman–Crippen MR) is 137 cm³/mol. The number of urea groups is 1.